The molecule has 5 aromatic carbocycles. The lowest BCUT2D eigenvalue weighted by molar-refractivity contribution is -0.652. The highest BCUT2D eigenvalue weighted by Gasteiger charge is 2.25. The van der Waals surface area contributed by atoms with Crippen molar-refractivity contribution < 1.29 is 4.57 Å². The first-order valence-electron chi connectivity index (χ1n) is 15.0. The maximum Gasteiger partial charge on any atom is 0.259 e. The average molecular weight is 580 g/mol. The molecule has 0 saturated heterocycles. The lowest BCUT2D eigenvalue weighted by Gasteiger charge is -2.10. The van der Waals surface area contributed by atoms with Crippen molar-refractivity contribution in [1.29, 1.82) is 5.26 Å². The van der Waals surface area contributed by atoms with Crippen LogP contribution in [0.1, 0.15) is 11.4 Å². The van der Waals surface area contributed by atoms with Crippen LogP contribution in [0.2, 0.25) is 0 Å². The topological polar surface area (TPSA) is 55.4 Å². The Bertz CT molecular complexity index is 2680. The fourth-order valence-electron chi connectivity index (χ4n) is 7.13. The zero-order valence-corrected chi connectivity index (χ0v) is 24.8. The van der Waals surface area contributed by atoms with Crippen LogP contribution in [-0.2, 0) is 7.05 Å². The van der Waals surface area contributed by atoms with Crippen molar-refractivity contribution in [2.75, 3.05) is 0 Å². The highest BCUT2D eigenvalue weighted by Crippen LogP contribution is 2.41. The molecule has 0 fully saturated rings. The SMILES string of the molecule is Cc1n(-c2cccc(-n3c4ccccc4c4c(C#N)c5c6ccccc6n(-c6ccccc6)c5nc43)c2)c2ccccc2[n+]1C. The van der Waals surface area contributed by atoms with Gasteiger partial charge in [-0.3, -0.25) is 9.13 Å². The number of hydrogen-bond acceptors (Lipinski definition) is 2. The molecule has 0 N–H and O–H groups in total. The fraction of sp³-hybridized carbons (Fsp3) is 0.0513. The number of nitriles is 1. The Morgan fingerprint density at radius 2 is 1.09 bits per heavy atom. The lowest BCUT2D eigenvalue weighted by Crippen LogP contribution is -2.30. The quantitative estimate of drug-likeness (QED) is 0.198. The molecule has 0 atom stereocenters. The molecule has 0 unspecified atom stereocenters. The minimum Gasteiger partial charge on any atom is -0.294 e. The van der Waals surface area contributed by atoms with E-state index in [1.807, 2.05) is 36.4 Å². The van der Waals surface area contributed by atoms with Gasteiger partial charge in [0.15, 0.2) is 11.0 Å². The molecule has 4 heterocycles. The second kappa shape index (κ2) is 9.40. The summed E-state index contributed by atoms with van der Waals surface area (Å²) in [6.07, 6.45) is 0. The number of imidazole rings is 1. The van der Waals surface area contributed by atoms with Gasteiger partial charge in [0.05, 0.1) is 29.3 Å². The zero-order chi connectivity index (χ0) is 30.2. The van der Waals surface area contributed by atoms with E-state index in [1.54, 1.807) is 0 Å². The molecule has 0 aliphatic heterocycles. The molecule has 9 rings (SSSR count). The number of benzene rings is 5. The predicted molar refractivity (Wildman–Crippen MR) is 180 cm³/mol. The number of aromatic nitrogens is 5. The van der Waals surface area contributed by atoms with Gasteiger partial charge in [0.2, 0.25) is 0 Å². The Balaban J connectivity index is 1.42. The first kappa shape index (κ1) is 25.3. The first-order valence-corrected chi connectivity index (χ1v) is 15.0. The third kappa shape index (κ3) is 3.43. The molecule has 212 valence electrons. The van der Waals surface area contributed by atoms with Crippen molar-refractivity contribution in [2.45, 2.75) is 6.92 Å². The van der Waals surface area contributed by atoms with Crippen LogP contribution in [0.3, 0.4) is 0 Å². The number of para-hydroxylation sites is 5. The number of hydrogen-bond donors (Lipinski definition) is 0. The molecular formula is C39H27N6+. The molecule has 0 aliphatic carbocycles. The van der Waals surface area contributed by atoms with Gasteiger partial charge in [-0.25, -0.2) is 9.55 Å². The number of aryl methyl sites for hydroxylation is 1. The van der Waals surface area contributed by atoms with Crippen molar-refractivity contribution in [3.8, 4) is 23.1 Å². The molecule has 6 nitrogen and oxygen atoms in total. The van der Waals surface area contributed by atoms with Crippen LogP contribution in [0.4, 0.5) is 0 Å². The molecule has 9 aromatic rings. The van der Waals surface area contributed by atoms with Gasteiger partial charge in [-0.15, -0.1) is 0 Å². The number of pyridine rings is 1. The summed E-state index contributed by atoms with van der Waals surface area (Å²) in [5.74, 6) is 1.13. The van der Waals surface area contributed by atoms with Gasteiger partial charge in [0.1, 0.15) is 23.1 Å². The maximum atomic E-state index is 10.8. The molecule has 0 saturated carbocycles. The summed E-state index contributed by atoms with van der Waals surface area (Å²) in [6, 6.07) is 46.6. The Kier molecular flexibility index (Phi) is 5.29. The minimum atomic E-state index is 0.645. The van der Waals surface area contributed by atoms with Gasteiger partial charge < -0.3 is 0 Å². The molecule has 6 heteroatoms. The van der Waals surface area contributed by atoms with Crippen molar-refractivity contribution >= 4 is 54.9 Å². The molecule has 0 spiro atoms. The van der Waals surface area contributed by atoms with Gasteiger partial charge in [0.25, 0.3) is 5.82 Å². The lowest BCUT2D eigenvalue weighted by atomic mass is 10.0. The molecule has 0 aliphatic rings. The van der Waals surface area contributed by atoms with Crippen LogP contribution in [0.5, 0.6) is 0 Å². The Labute approximate surface area is 258 Å². The number of fused-ring (bicyclic) bond motifs is 7. The second-order valence-corrected chi connectivity index (χ2v) is 11.5. The summed E-state index contributed by atoms with van der Waals surface area (Å²) in [4.78, 5) is 5.45. The number of rotatable bonds is 3. The van der Waals surface area contributed by atoms with Gasteiger partial charge in [-0.1, -0.05) is 72.8 Å². The fourth-order valence-corrected chi connectivity index (χ4v) is 7.13. The molecular weight excluding hydrogens is 552 g/mol. The first-order chi connectivity index (χ1) is 22.2. The third-order valence-electron chi connectivity index (χ3n) is 9.18. The van der Waals surface area contributed by atoms with Crippen molar-refractivity contribution in [3.05, 3.63) is 139 Å². The van der Waals surface area contributed by atoms with Crippen molar-refractivity contribution in [3.63, 3.8) is 0 Å². The maximum absolute atomic E-state index is 10.8. The summed E-state index contributed by atoms with van der Waals surface area (Å²) in [5.41, 5.74) is 9.59. The van der Waals surface area contributed by atoms with E-state index in [2.05, 4.69) is 129 Å². The molecule has 0 bridgehead atoms. The Morgan fingerprint density at radius 1 is 0.578 bits per heavy atom. The predicted octanol–water partition coefficient (Wildman–Crippen LogP) is 8.22. The molecule has 4 aromatic heterocycles. The molecule has 0 radical (unpaired) electrons. The van der Waals surface area contributed by atoms with Crippen LogP contribution >= 0.6 is 0 Å². The highest BCUT2D eigenvalue weighted by molar-refractivity contribution is 6.20. The van der Waals surface area contributed by atoms with Gasteiger partial charge in [-0.2, -0.15) is 9.83 Å². The van der Waals surface area contributed by atoms with E-state index in [0.717, 1.165) is 72.3 Å². The van der Waals surface area contributed by atoms with E-state index >= 15 is 0 Å². The van der Waals surface area contributed by atoms with Crippen LogP contribution in [0.15, 0.2) is 127 Å². The van der Waals surface area contributed by atoms with E-state index in [9.17, 15) is 5.26 Å². The highest BCUT2D eigenvalue weighted by atomic mass is 15.2. The standard InChI is InChI=1S/C39H27N6/c1-25-42(2)34-21-10-11-22-35(34)43(25)27-15-12-16-28(23-27)45-33-20-9-7-18-30(33)37-31(24-40)36-29-17-6-8-19-32(29)44(38(36)41-39(37)45)26-13-4-3-5-14-26/h3-23H,1-2H3/q+1. The Hall–Kier alpha value is -6.19. The monoisotopic (exact) mass is 579 g/mol. The smallest absolute Gasteiger partial charge is 0.259 e. The Morgan fingerprint density at radius 3 is 1.73 bits per heavy atom. The minimum absolute atomic E-state index is 0.645. The van der Waals surface area contributed by atoms with E-state index in [-0.39, 0.29) is 0 Å². The zero-order valence-electron chi connectivity index (χ0n) is 24.8. The van der Waals surface area contributed by atoms with Crippen LogP contribution < -0.4 is 4.57 Å². The summed E-state index contributed by atoms with van der Waals surface area (Å²) in [7, 11) is 2.11. The summed E-state index contributed by atoms with van der Waals surface area (Å²) < 4.78 is 8.91. The van der Waals surface area contributed by atoms with Crippen LogP contribution in [0.25, 0.3) is 72.0 Å². The normalized spacial score (nSPS) is 11.8. The van der Waals surface area contributed by atoms with E-state index in [4.69, 9.17) is 4.98 Å². The number of nitrogens with zero attached hydrogens (tertiary/aromatic N) is 6. The van der Waals surface area contributed by atoms with E-state index in [1.165, 1.54) is 5.52 Å². The van der Waals surface area contributed by atoms with Crippen LogP contribution in [-0.4, -0.2) is 18.7 Å². The third-order valence-corrected chi connectivity index (χ3v) is 9.18. The summed E-state index contributed by atoms with van der Waals surface area (Å²) in [5, 5.41) is 14.6. The molecule has 0 amide bonds. The average Bonchev–Trinajstić information content (AvgIpc) is 3.69. The van der Waals surface area contributed by atoms with E-state index < -0.39 is 0 Å². The van der Waals surface area contributed by atoms with Crippen molar-refractivity contribution in [1.82, 2.24) is 18.7 Å². The van der Waals surface area contributed by atoms with Gasteiger partial charge >= 0.3 is 0 Å². The largest absolute Gasteiger partial charge is 0.294 e. The summed E-state index contributed by atoms with van der Waals surface area (Å²) in [6.45, 7) is 2.15. The van der Waals surface area contributed by atoms with E-state index in [0.29, 0.717) is 5.56 Å². The van der Waals surface area contributed by atoms with Gasteiger partial charge in [-0.05, 0) is 48.5 Å². The van der Waals surface area contributed by atoms with Gasteiger partial charge in [0, 0.05) is 40.2 Å². The van der Waals surface area contributed by atoms with Crippen molar-refractivity contribution in [2.24, 2.45) is 7.05 Å². The second-order valence-electron chi connectivity index (χ2n) is 11.5. The summed E-state index contributed by atoms with van der Waals surface area (Å²) >= 11 is 0. The van der Waals surface area contributed by atoms with Crippen LogP contribution in [0, 0.1) is 18.3 Å². The molecule has 45 heavy (non-hydrogen) atoms.